The first-order chi connectivity index (χ1) is 8.06. The minimum absolute atomic E-state index is 0.421. The van der Waals surface area contributed by atoms with E-state index in [1.54, 1.807) is 6.26 Å². The van der Waals surface area contributed by atoms with Gasteiger partial charge in [-0.05, 0) is 25.8 Å². The van der Waals surface area contributed by atoms with Gasteiger partial charge in [0.25, 0.3) is 6.01 Å². The zero-order valence-electron chi connectivity index (χ0n) is 11.7. The molecule has 0 radical (unpaired) electrons. The standard InChI is InChI=1S/C13H25N3O/c1-6-7-14-8-12-9-17-13(15-12)16(5)11(4)10(2)3/h9-11,14H,6-8H2,1-5H3. The maximum absolute atomic E-state index is 5.50. The molecule has 0 aliphatic heterocycles. The molecule has 1 heterocycles. The van der Waals surface area contributed by atoms with E-state index in [0.29, 0.717) is 18.0 Å². The SMILES string of the molecule is CCCNCc1coc(N(C)C(C)C(C)C)n1. The van der Waals surface area contributed by atoms with Crippen LogP contribution in [0.1, 0.15) is 39.8 Å². The smallest absolute Gasteiger partial charge is 0.297 e. The second-order valence-corrected chi connectivity index (χ2v) is 4.89. The lowest BCUT2D eigenvalue weighted by atomic mass is 10.1. The molecule has 98 valence electrons. The lowest BCUT2D eigenvalue weighted by molar-refractivity contribution is 0.457. The normalized spacial score (nSPS) is 13.1. The molecule has 1 rings (SSSR count). The molecule has 17 heavy (non-hydrogen) atoms. The molecule has 0 aromatic carbocycles. The quantitative estimate of drug-likeness (QED) is 0.743. The lowest BCUT2D eigenvalue weighted by Gasteiger charge is -2.26. The largest absolute Gasteiger partial charge is 0.432 e. The fourth-order valence-corrected chi connectivity index (χ4v) is 1.55. The van der Waals surface area contributed by atoms with Crippen molar-refractivity contribution in [2.24, 2.45) is 5.92 Å². The van der Waals surface area contributed by atoms with Crippen LogP contribution in [0.2, 0.25) is 0 Å². The van der Waals surface area contributed by atoms with Crippen LogP contribution in [0.5, 0.6) is 0 Å². The zero-order valence-corrected chi connectivity index (χ0v) is 11.7. The Balaban J connectivity index is 2.55. The first-order valence-corrected chi connectivity index (χ1v) is 6.44. The van der Waals surface area contributed by atoms with Crippen molar-refractivity contribution in [2.75, 3.05) is 18.5 Å². The van der Waals surface area contributed by atoms with Gasteiger partial charge >= 0.3 is 0 Å². The van der Waals surface area contributed by atoms with Gasteiger partial charge in [0.2, 0.25) is 0 Å². The third-order valence-corrected chi connectivity index (χ3v) is 3.15. The molecule has 0 bridgehead atoms. The van der Waals surface area contributed by atoms with Gasteiger partial charge in [-0.2, -0.15) is 4.98 Å². The number of hydrogen-bond acceptors (Lipinski definition) is 4. The van der Waals surface area contributed by atoms with Gasteiger partial charge in [0.15, 0.2) is 0 Å². The van der Waals surface area contributed by atoms with Crippen LogP contribution >= 0.6 is 0 Å². The van der Waals surface area contributed by atoms with E-state index < -0.39 is 0 Å². The van der Waals surface area contributed by atoms with Crippen molar-refractivity contribution in [3.05, 3.63) is 12.0 Å². The number of hydrogen-bond donors (Lipinski definition) is 1. The minimum Gasteiger partial charge on any atom is -0.432 e. The van der Waals surface area contributed by atoms with Crippen LogP contribution in [0.25, 0.3) is 0 Å². The van der Waals surface area contributed by atoms with E-state index in [1.165, 1.54) is 0 Å². The van der Waals surface area contributed by atoms with Gasteiger partial charge < -0.3 is 14.6 Å². The summed E-state index contributed by atoms with van der Waals surface area (Å²) in [7, 11) is 2.03. The minimum atomic E-state index is 0.421. The van der Waals surface area contributed by atoms with Gasteiger partial charge in [0, 0.05) is 19.6 Å². The summed E-state index contributed by atoms with van der Waals surface area (Å²) in [5.41, 5.74) is 0.969. The number of oxazole rings is 1. The van der Waals surface area contributed by atoms with E-state index in [2.05, 4.69) is 42.9 Å². The van der Waals surface area contributed by atoms with E-state index >= 15 is 0 Å². The third-order valence-electron chi connectivity index (χ3n) is 3.15. The van der Waals surface area contributed by atoms with Crippen LogP contribution in [-0.2, 0) is 6.54 Å². The molecule has 0 saturated heterocycles. The predicted octanol–water partition coefficient (Wildman–Crippen LogP) is 2.65. The Morgan fingerprint density at radius 2 is 2.12 bits per heavy atom. The average molecular weight is 239 g/mol. The second-order valence-electron chi connectivity index (χ2n) is 4.89. The maximum Gasteiger partial charge on any atom is 0.297 e. The van der Waals surface area contributed by atoms with Crippen molar-refractivity contribution in [1.82, 2.24) is 10.3 Å². The van der Waals surface area contributed by atoms with E-state index in [-0.39, 0.29) is 0 Å². The molecule has 0 saturated carbocycles. The highest BCUT2D eigenvalue weighted by atomic mass is 16.4. The van der Waals surface area contributed by atoms with Gasteiger partial charge in [-0.15, -0.1) is 0 Å². The molecule has 0 spiro atoms. The van der Waals surface area contributed by atoms with Gasteiger partial charge in [-0.3, -0.25) is 0 Å². The molecule has 1 unspecified atom stereocenters. The molecule has 0 fully saturated rings. The van der Waals surface area contributed by atoms with Crippen LogP contribution in [-0.4, -0.2) is 24.6 Å². The molecule has 1 aromatic rings. The Bertz CT molecular complexity index is 322. The summed E-state index contributed by atoms with van der Waals surface area (Å²) in [5, 5.41) is 3.31. The lowest BCUT2D eigenvalue weighted by Crippen LogP contribution is -2.33. The number of rotatable bonds is 7. The van der Waals surface area contributed by atoms with Crippen molar-refractivity contribution in [1.29, 1.82) is 0 Å². The predicted molar refractivity (Wildman–Crippen MR) is 71.2 cm³/mol. The summed E-state index contributed by atoms with van der Waals surface area (Å²) in [6.45, 7) is 10.5. The zero-order chi connectivity index (χ0) is 12.8. The van der Waals surface area contributed by atoms with Crippen LogP contribution in [0, 0.1) is 5.92 Å². The summed E-state index contributed by atoms with van der Waals surface area (Å²) < 4.78 is 5.50. The Hall–Kier alpha value is -1.03. The highest BCUT2D eigenvalue weighted by Crippen LogP contribution is 2.18. The highest BCUT2D eigenvalue weighted by molar-refractivity contribution is 5.27. The average Bonchev–Trinajstić information content (AvgIpc) is 2.76. The summed E-state index contributed by atoms with van der Waals surface area (Å²) in [6, 6.07) is 1.13. The van der Waals surface area contributed by atoms with Crippen molar-refractivity contribution in [2.45, 2.75) is 46.7 Å². The first kappa shape index (κ1) is 14.0. The van der Waals surface area contributed by atoms with Gasteiger partial charge in [-0.25, -0.2) is 0 Å². The summed E-state index contributed by atoms with van der Waals surface area (Å²) in [5.74, 6) is 0.577. The topological polar surface area (TPSA) is 41.3 Å². The first-order valence-electron chi connectivity index (χ1n) is 6.44. The molecule has 4 nitrogen and oxygen atoms in total. The Morgan fingerprint density at radius 3 is 2.71 bits per heavy atom. The fraction of sp³-hybridized carbons (Fsp3) is 0.769. The summed E-state index contributed by atoms with van der Waals surface area (Å²) in [6.07, 6.45) is 2.87. The van der Waals surface area contributed by atoms with Crippen LogP contribution in [0.15, 0.2) is 10.7 Å². The Morgan fingerprint density at radius 1 is 1.41 bits per heavy atom. The Kier molecular flexibility index (Phi) is 5.48. The number of anilines is 1. The maximum atomic E-state index is 5.50. The van der Waals surface area contributed by atoms with E-state index in [4.69, 9.17) is 4.42 Å². The van der Waals surface area contributed by atoms with E-state index in [9.17, 15) is 0 Å². The van der Waals surface area contributed by atoms with Crippen molar-refractivity contribution < 1.29 is 4.42 Å². The monoisotopic (exact) mass is 239 g/mol. The second kappa shape index (κ2) is 6.64. The molecule has 0 aliphatic carbocycles. The molecule has 0 amide bonds. The number of nitrogens with zero attached hydrogens (tertiary/aromatic N) is 2. The van der Waals surface area contributed by atoms with Crippen molar-refractivity contribution >= 4 is 6.01 Å². The molecule has 4 heteroatoms. The Labute approximate surface area is 104 Å². The van der Waals surface area contributed by atoms with Crippen LogP contribution in [0.4, 0.5) is 6.01 Å². The van der Waals surface area contributed by atoms with Gasteiger partial charge in [-0.1, -0.05) is 20.8 Å². The van der Waals surface area contributed by atoms with Crippen molar-refractivity contribution in [3.63, 3.8) is 0 Å². The molecule has 1 aromatic heterocycles. The van der Waals surface area contributed by atoms with Crippen LogP contribution in [0.3, 0.4) is 0 Å². The fourth-order valence-electron chi connectivity index (χ4n) is 1.55. The molecule has 0 aliphatic rings. The van der Waals surface area contributed by atoms with Crippen LogP contribution < -0.4 is 10.2 Å². The molecule has 1 N–H and O–H groups in total. The van der Waals surface area contributed by atoms with Gasteiger partial charge in [0.1, 0.15) is 6.26 Å². The van der Waals surface area contributed by atoms with E-state index in [1.807, 2.05) is 7.05 Å². The number of aromatic nitrogens is 1. The van der Waals surface area contributed by atoms with Gasteiger partial charge in [0.05, 0.1) is 5.69 Å². The third kappa shape index (κ3) is 4.04. The molecular formula is C13H25N3O. The number of nitrogens with one attached hydrogen (secondary N) is 1. The molecule has 1 atom stereocenters. The molecular weight excluding hydrogens is 214 g/mol. The summed E-state index contributed by atoms with van der Waals surface area (Å²) in [4.78, 5) is 6.57. The summed E-state index contributed by atoms with van der Waals surface area (Å²) >= 11 is 0. The highest BCUT2D eigenvalue weighted by Gasteiger charge is 2.17. The van der Waals surface area contributed by atoms with Crippen molar-refractivity contribution in [3.8, 4) is 0 Å². The van der Waals surface area contributed by atoms with E-state index in [0.717, 1.165) is 25.2 Å².